The van der Waals surface area contributed by atoms with Crippen molar-refractivity contribution in [2.45, 2.75) is 63.9 Å². The summed E-state index contributed by atoms with van der Waals surface area (Å²) in [6.45, 7) is 8.20. The summed E-state index contributed by atoms with van der Waals surface area (Å²) < 4.78 is 22.2. The lowest BCUT2D eigenvalue weighted by Crippen LogP contribution is -2.55. The molecule has 110 valence electrons. The summed E-state index contributed by atoms with van der Waals surface area (Å²) in [5.74, 6) is 0. The second-order valence-electron chi connectivity index (χ2n) is 5.37. The molecule has 0 saturated carbocycles. The Morgan fingerprint density at radius 3 is 1.17 bits per heavy atom. The van der Waals surface area contributed by atoms with Gasteiger partial charge in [-0.3, -0.25) is 0 Å². The third-order valence-corrected chi connectivity index (χ3v) is 4.18. The molecule has 0 bridgehead atoms. The largest absolute Gasteiger partial charge is 0.382 e. The zero-order valence-corrected chi connectivity index (χ0v) is 13.2. The second-order valence-corrected chi connectivity index (χ2v) is 5.37. The fourth-order valence-corrected chi connectivity index (χ4v) is 2.29. The summed E-state index contributed by atoms with van der Waals surface area (Å²) in [4.78, 5) is 0. The second kappa shape index (κ2) is 7.43. The van der Waals surface area contributed by atoms with Crippen LogP contribution in [0.15, 0.2) is 0 Å². The van der Waals surface area contributed by atoms with Crippen LogP contribution in [0, 0.1) is 0 Å². The molecule has 0 aliphatic heterocycles. The van der Waals surface area contributed by atoms with E-state index in [1.807, 2.05) is 13.8 Å². The maximum atomic E-state index is 5.75. The predicted octanol–water partition coefficient (Wildman–Crippen LogP) is 2.65. The third kappa shape index (κ3) is 4.19. The van der Waals surface area contributed by atoms with Crippen molar-refractivity contribution in [1.29, 1.82) is 0 Å². The molecule has 0 saturated heterocycles. The van der Waals surface area contributed by atoms with E-state index in [1.165, 1.54) is 0 Å². The molecule has 0 aliphatic rings. The molecule has 0 heterocycles. The third-order valence-electron chi connectivity index (χ3n) is 4.18. The monoisotopic (exact) mass is 262 g/mol. The van der Waals surface area contributed by atoms with E-state index < -0.39 is 11.2 Å². The van der Waals surface area contributed by atoms with E-state index in [4.69, 9.17) is 18.9 Å². The van der Waals surface area contributed by atoms with Crippen LogP contribution in [0.3, 0.4) is 0 Å². The summed E-state index contributed by atoms with van der Waals surface area (Å²) in [6.07, 6.45) is 1.76. The van der Waals surface area contributed by atoms with Gasteiger partial charge in [0.25, 0.3) is 0 Å². The van der Waals surface area contributed by atoms with Gasteiger partial charge in [-0.25, -0.2) is 0 Å². The minimum Gasteiger partial charge on any atom is -0.382 e. The van der Waals surface area contributed by atoms with Crippen molar-refractivity contribution >= 4 is 0 Å². The first-order chi connectivity index (χ1) is 8.28. The molecule has 0 N–H and O–H groups in total. The molecule has 0 amide bonds. The van der Waals surface area contributed by atoms with Crippen molar-refractivity contribution in [3.8, 4) is 0 Å². The summed E-state index contributed by atoms with van der Waals surface area (Å²) in [7, 11) is 6.86. The predicted molar refractivity (Wildman–Crippen MR) is 73.0 cm³/mol. The fourth-order valence-electron chi connectivity index (χ4n) is 2.29. The summed E-state index contributed by atoms with van der Waals surface area (Å²) >= 11 is 0. The van der Waals surface area contributed by atoms with Gasteiger partial charge in [-0.05, 0) is 27.7 Å². The lowest BCUT2D eigenvalue weighted by Gasteiger charge is -2.46. The van der Waals surface area contributed by atoms with Crippen LogP contribution in [-0.2, 0) is 18.9 Å². The van der Waals surface area contributed by atoms with Gasteiger partial charge in [0.15, 0.2) is 0 Å². The summed E-state index contributed by atoms with van der Waals surface area (Å²) in [5.41, 5.74) is -0.853. The van der Waals surface area contributed by atoms with Crippen molar-refractivity contribution in [1.82, 2.24) is 0 Å². The topological polar surface area (TPSA) is 36.9 Å². The average molecular weight is 262 g/mol. The molecule has 0 radical (unpaired) electrons. The lowest BCUT2D eigenvalue weighted by molar-refractivity contribution is -0.194. The molecule has 0 aromatic rings. The highest BCUT2D eigenvalue weighted by molar-refractivity contribution is 4.98. The van der Waals surface area contributed by atoms with Crippen molar-refractivity contribution in [3.63, 3.8) is 0 Å². The lowest BCUT2D eigenvalue weighted by atomic mass is 9.77. The first-order valence-corrected chi connectivity index (χ1v) is 6.44. The molecule has 0 spiro atoms. The Bertz CT molecular complexity index is 210. The summed E-state index contributed by atoms with van der Waals surface area (Å²) in [6, 6.07) is 0. The van der Waals surface area contributed by atoms with Crippen LogP contribution in [0.5, 0.6) is 0 Å². The van der Waals surface area contributed by atoms with Crippen LogP contribution in [-0.4, -0.2) is 51.8 Å². The zero-order valence-electron chi connectivity index (χ0n) is 13.2. The maximum absolute atomic E-state index is 5.75. The molecule has 4 unspecified atom stereocenters. The van der Waals surface area contributed by atoms with Crippen LogP contribution < -0.4 is 0 Å². The number of hydrogen-bond donors (Lipinski definition) is 0. The fraction of sp³-hybridized carbons (Fsp3) is 1.00. The van der Waals surface area contributed by atoms with E-state index in [0.717, 1.165) is 12.8 Å². The molecule has 0 aromatic carbocycles. The highest BCUT2D eigenvalue weighted by Gasteiger charge is 2.47. The van der Waals surface area contributed by atoms with E-state index in [-0.39, 0.29) is 12.2 Å². The van der Waals surface area contributed by atoms with Crippen LogP contribution in [0.25, 0.3) is 0 Å². The van der Waals surface area contributed by atoms with Crippen molar-refractivity contribution in [2.24, 2.45) is 0 Å². The molecule has 0 aliphatic carbocycles. The Labute approximate surface area is 112 Å². The quantitative estimate of drug-likeness (QED) is 0.640. The van der Waals surface area contributed by atoms with Gasteiger partial charge in [-0.15, -0.1) is 0 Å². The first-order valence-electron chi connectivity index (χ1n) is 6.44. The number of ether oxygens (including phenoxy) is 4. The molecule has 4 nitrogen and oxygen atoms in total. The SMILES string of the molecule is COC(C)CC(C)(OC)C(C)(CC(C)OC)OC. The molecule has 4 heteroatoms. The Kier molecular flexibility index (Phi) is 7.37. The minimum absolute atomic E-state index is 0.113. The molecular formula is C14H30O4. The molecule has 0 rings (SSSR count). The van der Waals surface area contributed by atoms with Crippen LogP contribution >= 0.6 is 0 Å². The zero-order chi connectivity index (χ0) is 14.4. The standard InChI is InChI=1S/C14H30O4/c1-11(15-5)9-13(3,17-7)14(4,18-8)10-12(2)16-6/h11-12H,9-10H2,1-8H3. The van der Waals surface area contributed by atoms with Crippen LogP contribution in [0.1, 0.15) is 40.5 Å². The van der Waals surface area contributed by atoms with Gasteiger partial charge in [0.2, 0.25) is 0 Å². The molecule has 18 heavy (non-hydrogen) atoms. The Hall–Kier alpha value is -0.160. The van der Waals surface area contributed by atoms with Crippen molar-refractivity contribution < 1.29 is 18.9 Å². The molecule has 0 aromatic heterocycles. The highest BCUT2D eigenvalue weighted by Crippen LogP contribution is 2.37. The normalized spacial score (nSPS) is 22.0. The van der Waals surface area contributed by atoms with E-state index in [1.54, 1.807) is 28.4 Å². The van der Waals surface area contributed by atoms with Gasteiger partial charge in [0.1, 0.15) is 0 Å². The number of rotatable bonds is 9. The number of methoxy groups -OCH3 is 4. The van der Waals surface area contributed by atoms with Gasteiger partial charge < -0.3 is 18.9 Å². The van der Waals surface area contributed by atoms with Gasteiger partial charge >= 0.3 is 0 Å². The maximum Gasteiger partial charge on any atom is 0.0961 e. The molecular weight excluding hydrogens is 232 g/mol. The van der Waals surface area contributed by atoms with Gasteiger partial charge in [-0.1, -0.05) is 0 Å². The van der Waals surface area contributed by atoms with Crippen molar-refractivity contribution in [2.75, 3.05) is 28.4 Å². The summed E-state index contributed by atoms with van der Waals surface area (Å²) in [5, 5.41) is 0. The van der Waals surface area contributed by atoms with Crippen LogP contribution in [0.4, 0.5) is 0 Å². The molecule has 4 atom stereocenters. The van der Waals surface area contributed by atoms with Gasteiger partial charge in [-0.2, -0.15) is 0 Å². The average Bonchev–Trinajstić information content (AvgIpc) is 2.37. The molecule has 0 fully saturated rings. The van der Waals surface area contributed by atoms with E-state index in [2.05, 4.69) is 13.8 Å². The van der Waals surface area contributed by atoms with Crippen molar-refractivity contribution in [3.05, 3.63) is 0 Å². The Morgan fingerprint density at radius 2 is 1.00 bits per heavy atom. The van der Waals surface area contributed by atoms with E-state index in [0.29, 0.717) is 0 Å². The van der Waals surface area contributed by atoms with E-state index >= 15 is 0 Å². The minimum atomic E-state index is -0.427. The van der Waals surface area contributed by atoms with Crippen LogP contribution in [0.2, 0.25) is 0 Å². The number of hydrogen-bond acceptors (Lipinski definition) is 4. The Morgan fingerprint density at radius 1 is 0.722 bits per heavy atom. The Balaban J connectivity index is 5.03. The van der Waals surface area contributed by atoms with E-state index in [9.17, 15) is 0 Å². The first kappa shape index (κ1) is 17.8. The highest BCUT2D eigenvalue weighted by atomic mass is 16.6. The smallest absolute Gasteiger partial charge is 0.0961 e. The van der Waals surface area contributed by atoms with Gasteiger partial charge in [0.05, 0.1) is 23.4 Å². The van der Waals surface area contributed by atoms with Gasteiger partial charge in [0, 0.05) is 41.3 Å².